The number of nitrogens with zero attached hydrogens (tertiary/aromatic N) is 3. The minimum Gasteiger partial charge on any atom is -0.335 e. The fraction of sp³-hybridized carbons (Fsp3) is 0.190. The second kappa shape index (κ2) is 8.64. The third-order valence-electron chi connectivity index (χ3n) is 4.22. The van der Waals surface area contributed by atoms with E-state index in [9.17, 15) is 4.79 Å². The summed E-state index contributed by atoms with van der Waals surface area (Å²) in [5, 5.41) is 3.82. The number of hydrogen-bond donors (Lipinski definition) is 1. The lowest BCUT2D eigenvalue weighted by Gasteiger charge is -2.21. The van der Waals surface area contributed by atoms with E-state index < -0.39 is 0 Å². The third kappa shape index (κ3) is 4.83. The average Bonchev–Trinajstić information content (AvgIpc) is 2.69. The number of amides is 1. The molecule has 2 aromatic carbocycles. The van der Waals surface area contributed by atoms with Crippen LogP contribution in [0.3, 0.4) is 0 Å². The largest absolute Gasteiger partial charge is 0.335 e. The zero-order chi connectivity index (χ0) is 19.2. The zero-order valence-corrected chi connectivity index (χ0v) is 16.1. The summed E-state index contributed by atoms with van der Waals surface area (Å²) in [6.07, 6.45) is 3.10. The van der Waals surface area contributed by atoms with Gasteiger partial charge in [0.1, 0.15) is 0 Å². The van der Waals surface area contributed by atoms with Gasteiger partial charge < -0.3 is 10.2 Å². The minimum atomic E-state index is -0.0874. The Bertz CT molecular complexity index is 913. The van der Waals surface area contributed by atoms with Gasteiger partial charge >= 0.3 is 0 Å². The Morgan fingerprint density at radius 2 is 1.81 bits per heavy atom. The highest BCUT2D eigenvalue weighted by Gasteiger charge is 2.15. The fourth-order valence-corrected chi connectivity index (χ4v) is 2.93. The molecule has 1 N–H and O–H groups in total. The van der Waals surface area contributed by atoms with Crippen molar-refractivity contribution in [1.82, 2.24) is 14.9 Å². The first-order valence-electron chi connectivity index (χ1n) is 8.75. The monoisotopic (exact) mass is 380 g/mol. The number of nitrogens with one attached hydrogen (secondary N) is 1. The average molecular weight is 381 g/mol. The molecule has 3 rings (SSSR count). The fourth-order valence-electron chi connectivity index (χ4n) is 2.70. The number of benzene rings is 2. The van der Waals surface area contributed by atoms with Gasteiger partial charge in [-0.25, -0.2) is 9.97 Å². The Balaban J connectivity index is 1.70. The molecule has 138 valence electrons. The smallest absolute Gasteiger partial charge is 0.257 e. The van der Waals surface area contributed by atoms with Crippen molar-refractivity contribution in [3.05, 3.63) is 82.6 Å². The summed E-state index contributed by atoms with van der Waals surface area (Å²) in [6, 6.07) is 15.5. The molecule has 0 spiro atoms. The van der Waals surface area contributed by atoms with Crippen LogP contribution < -0.4 is 5.32 Å². The molecule has 6 heteroatoms. The Labute approximate surface area is 164 Å². The molecule has 0 unspecified atom stereocenters. The van der Waals surface area contributed by atoms with Crippen LogP contribution in [0.4, 0.5) is 11.6 Å². The molecule has 27 heavy (non-hydrogen) atoms. The number of anilines is 2. The van der Waals surface area contributed by atoms with Gasteiger partial charge in [0.25, 0.3) is 5.91 Å². The maximum Gasteiger partial charge on any atom is 0.257 e. The highest BCUT2D eigenvalue weighted by Crippen LogP contribution is 2.22. The molecule has 0 atom stereocenters. The Kier molecular flexibility index (Phi) is 6.04. The van der Waals surface area contributed by atoms with Crippen LogP contribution in [-0.4, -0.2) is 27.3 Å². The van der Waals surface area contributed by atoms with Gasteiger partial charge in [0.05, 0.1) is 5.56 Å². The summed E-state index contributed by atoms with van der Waals surface area (Å²) in [7, 11) is 0. The summed E-state index contributed by atoms with van der Waals surface area (Å²) < 4.78 is 0. The van der Waals surface area contributed by atoms with Gasteiger partial charge in [0.2, 0.25) is 5.95 Å². The SMILES string of the molecule is CCN(Cc1ccccc1)C(=O)c1cnc(Nc2ccc(Cl)cc2C)nc1. The number of aryl methyl sites for hydroxylation is 1. The van der Waals surface area contributed by atoms with Gasteiger partial charge in [-0.15, -0.1) is 0 Å². The van der Waals surface area contributed by atoms with Crippen LogP contribution in [0.1, 0.15) is 28.4 Å². The number of carbonyl (C=O) groups is 1. The zero-order valence-electron chi connectivity index (χ0n) is 15.3. The molecule has 0 saturated carbocycles. The molecule has 3 aromatic rings. The predicted molar refractivity (Wildman–Crippen MR) is 108 cm³/mol. The molecule has 1 amide bonds. The van der Waals surface area contributed by atoms with E-state index in [1.165, 1.54) is 0 Å². The Hall–Kier alpha value is -2.92. The van der Waals surface area contributed by atoms with Gasteiger partial charge in [-0.1, -0.05) is 41.9 Å². The number of carbonyl (C=O) groups excluding carboxylic acids is 1. The van der Waals surface area contributed by atoms with E-state index in [0.717, 1.165) is 16.8 Å². The molecule has 0 bridgehead atoms. The highest BCUT2D eigenvalue weighted by atomic mass is 35.5. The van der Waals surface area contributed by atoms with Crippen LogP contribution in [0.2, 0.25) is 5.02 Å². The second-order valence-electron chi connectivity index (χ2n) is 6.18. The van der Waals surface area contributed by atoms with E-state index in [1.807, 2.05) is 56.3 Å². The standard InChI is InChI=1S/C21H21ClN4O/c1-3-26(14-16-7-5-4-6-8-16)20(27)17-12-23-21(24-13-17)25-19-10-9-18(22)11-15(19)2/h4-13H,3,14H2,1-2H3,(H,23,24,25). The molecule has 0 aliphatic rings. The van der Waals surface area contributed by atoms with Crippen LogP contribution in [-0.2, 0) is 6.54 Å². The summed E-state index contributed by atoms with van der Waals surface area (Å²) in [5.41, 5.74) is 3.42. The molecule has 0 radical (unpaired) electrons. The van der Waals surface area contributed by atoms with Crippen molar-refractivity contribution in [3.8, 4) is 0 Å². The topological polar surface area (TPSA) is 58.1 Å². The molecule has 1 heterocycles. The van der Waals surface area contributed by atoms with Gasteiger partial charge in [-0.2, -0.15) is 0 Å². The van der Waals surface area contributed by atoms with E-state index in [4.69, 9.17) is 11.6 Å². The van der Waals surface area contributed by atoms with Gasteiger partial charge in [0.15, 0.2) is 0 Å². The van der Waals surface area contributed by atoms with Crippen molar-refractivity contribution in [1.29, 1.82) is 0 Å². The molecule has 0 aliphatic heterocycles. The quantitative estimate of drug-likeness (QED) is 0.664. The van der Waals surface area contributed by atoms with Crippen LogP contribution in [0.25, 0.3) is 0 Å². The van der Waals surface area contributed by atoms with E-state index >= 15 is 0 Å². The maximum absolute atomic E-state index is 12.8. The van der Waals surface area contributed by atoms with E-state index in [0.29, 0.717) is 29.6 Å². The Morgan fingerprint density at radius 3 is 2.44 bits per heavy atom. The van der Waals surface area contributed by atoms with Crippen molar-refractivity contribution in [2.24, 2.45) is 0 Å². The first-order chi connectivity index (χ1) is 13.1. The Morgan fingerprint density at radius 1 is 1.11 bits per heavy atom. The summed E-state index contributed by atoms with van der Waals surface area (Å²) in [4.78, 5) is 23.1. The van der Waals surface area contributed by atoms with E-state index in [1.54, 1.807) is 23.4 Å². The van der Waals surface area contributed by atoms with E-state index in [2.05, 4.69) is 15.3 Å². The number of hydrogen-bond acceptors (Lipinski definition) is 4. The number of halogens is 1. The molecule has 0 aliphatic carbocycles. The molecular weight excluding hydrogens is 360 g/mol. The number of rotatable bonds is 6. The lowest BCUT2D eigenvalue weighted by Crippen LogP contribution is -2.30. The van der Waals surface area contributed by atoms with E-state index in [-0.39, 0.29) is 5.91 Å². The maximum atomic E-state index is 12.8. The first-order valence-corrected chi connectivity index (χ1v) is 9.13. The van der Waals surface area contributed by atoms with Crippen LogP contribution in [0.5, 0.6) is 0 Å². The second-order valence-corrected chi connectivity index (χ2v) is 6.62. The normalized spacial score (nSPS) is 10.5. The van der Waals surface area contributed by atoms with Gasteiger partial charge in [-0.3, -0.25) is 4.79 Å². The van der Waals surface area contributed by atoms with Crippen LogP contribution in [0.15, 0.2) is 60.9 Å². The van der Waals surface area contributed by atoms with Crippen molar-refractivity contribution < 1.29 is 4.79 Å². The van der Waals surface area contributed by atoms with Crippen LogP contribution in [0, 0.1) is 6.92 Å². The summed E-state index contributed by atoms with van der Waals surface area (Å²) >= 11 is 5.98. The minimum absolute atomic E-state index is 0.0874. The van der Waals surface area contributed by atoms with Crippen molar-refractivity contribution in [2.75, 3.05) is 11.9 Å². The van der Waals surface area contributed by atoms with Crippen molar-refractivity contribution in [3.63, 3.8) is 0 Å². The summed E-state index contributed by atoms with van der Waals surface area (Å²) in [5.74, 6) is 0.346. The summed E-state index contributed by atoms with van der Waals surface area (Å²) in [6.45, 7) is 5.08. The van der Waals surface area contributed by atoms with Crippen LogP contribution >= 0.6 is 11.6 Å². The number of aromatic nitrogens is 2. The first kappa shape index (κ1) is 18.9. The predicted octanol–water partition coefficient (Wildman–Crippen LogP) is 4.84. The lowest BCUT2D eigenvalue weighted by atomic mass is 10.2. The molecule has 5 nitrogen and oxygen atoms in total. The highest BCUT2D eigenvalue weighted by molar-refractivity contribution is 6.30. The molecule has 1 aromatic heterocycles. The van der Waals surface area contributed by atoms with Gasteiger partial charge in [0, 0.05) is 36.2 Å². The van der Waals surface area contributed by atoms with Crippen molar-refractivity contribution >= 4 is 29.1 Å². The molecule has 0 fully saturated rings. The molecule has 0 saturated heterocycles. The molecular formula is C21H21ClN4O. The third-order valence-corrected chi connectivity index (χ3v) is 4.45. The lowest BCUT2D eigenvalue weighted by molar-refractivity contribution is 0.0752. The van der Waals surface area contributed by atoms with Crippen molar-refractivity contribution in [2.45, 2.75) is 20.4 Å². The van der Waals surface area contributed by atoms with Gasteiger partial charge in [-0.05, 0) is 43.2 Å².